The third-order valence-corrected chi connectivity index (χ3v) is 1.67. The van der Waals surface area contributed by atoms with E-state index in [1.807, 2.05) is 58.9 Å². The molecule has 1 aromatic heterocycles. The molecule has 0 aromatic carbocycles. The van der Waals surface area contributed by atoms with E-state index in [4.69, 9.17) is 0 Å². The minimum absolute atomic E-state index is 0.869. The molecule has 0 atom stereocenters. The SMILES string of the molecule is C/C=C\c1nnnc(C)c1/C=C\C.CC. The summed E-state index contributed by atoms with van der Waals surface area (Å²) in [6.45, 7) is 9.85. The molecule has 0 radical (unpaired) electrons. The van der Waals surface area contributed by atoms with E-state index in [2.05, 4.69) is 15.4 Å². The van der Waals surface area contributed by atoms with Crippen LogP contribution in [-0.4, -0.2) is 15.4 Å². The Kier molecular flexibility index (Phi) is 7.06. The maximum atomic E-state index is 3.95. The van der Waals surface area contributed by atoms with E-state index in [0.717, 1.165) is 17.0 Å². The second-order valence-electron chi connectivity index (χ2n) is 2.67. The Morgan fingerprint density at radius 2 is 1.53 bits per heavy atom. The highest BCUT2D eigenvalue weighted by molar-refractivity contribution is 5.62. The zero-order valence-electron chi connectivity index (χ0n) is 10.2. The first-order chi connectivity index (χ1) is 7.29. The molecule has 1 aromatic rings. The lowest BCUT2D eigenvalue weighted by molar-refractivity contribution is 0.828. The second kappa shape index (κ2) is 7.85. The topological polar surface area (TPSA) is 38.7 Å². The number of hydrogen-bond acceptors (Lipinski definition) is 3. The molecule has 0 amide bonds. The average Bonchev–Trinajstić information content (AvgIpc) is 2.26. The van der Waals surface area contributed by atoms with Crippen LogP contribution in [0.3, 0.4) is 0 Å². The number of allylic oxidation sites excluding steroid dienone is 2. The second-order valence-corrected chi connectivity index (χ2v) is 2.67. The third-order valence-electron chi connectivity index (χ3n) is 1.67. The summed E-state index contributed by atoms with van der Waals surface area (Å²) in [4.78, 5) is 0. The quantitative estimate of drug-likeness (QED) is 0.743. The van der Waals surface area contributed by atoms with Crippen LogP contribution in [0, 0.1) is 6.92 Å². The molecule has 0 saturated carbocycles. The summed E-state index contributed by atoms with van der Waals surface area (Å²) in [5.41, 5.74) is 2.81. The van der Waals surface area contributed by atoms with Crippen molar-refractivity contribution in [2.45, 2.75) is 34.6 Å². The third kappa shape index (κ3) is 4.02. The van der Waals surface area contributed by atoms with Gasteiger partial charge in [0, 0.05) is 5.56 Å². The Bertz CT molecular complexity index is 341. The molecule has 0 spiro atoms. The minimum Gasteiger partial charge on any atom is -0.135 e. The molecule has 1 heterocycles. The zero-order valence-corrected chi connectivity index (χ0v) is 10.2. The predicted molar refractivity (Wildman–Crippen MR) is 65.3 cm³/mol. The predicted octanol–water partition coefficient (Wildman–Crippen LogP) is 3.27. The summed E-state index contributed by atoms with van der Waals surface area (Å²) in [6, 6.07) is 0. The average molecular weight is 205 g/mol. The largest absolute Gasteiger partial charge is 0.135 e. The summed E-state index contributed by atoms with van der Waals surface area (Å²) in [5.74, 6) is 0. The molecule has 0 aliphatic rings. The fourth-order valence-electron chi connectivity index (χ4n) is 1.08. The number of rotatable bonds is 2. The highest BCUT2D eigenvalue weighted by atomic mass is 15.3. The van der Waals surface area contributed by atoms with Crippen LogP contribution < -0.4 is 0 Å². The molecule has 15 heavy (non-hydrogen) atoms. The van der Waals surface area contributed by atoms with Crippen LogP contribution in [0.2, 0.25) is 0 Å². The van der Waals surface area contributed by atoms with Crippen LogP contribution in [0.15, 0.2) is 12.2 Å². The van der Waals surface area contributed by atoms with Gasteiger partial charge in [0.05, 0.1) is 11.4 Å². The van der Waals surface area contributed by atoms with Gasteiger partial charge in [-0.1, -0.05) is 32.1 Å². The van der Waals surface area contributed by atoms with E-state index in [0.29, 0.717) is 0 Å². The van der Waals surface area contributed by atoms with E-state index in [1.54, 1.807) is 0 Å². The van der Waals surface area contributed by atoms with Gasteiger partial charge in [0.2, 0.25) is 0 Å². The van der Waals surface area contributed by atoms with Crippen LogP contribution in [0.1, 0.15) is 44.6 Å². The highest BCUT2D eigenvalue weighted by Crippen LogP contribution is 2.11. The molecule has 0 aliphatic heterocycles. The summed E-state index contributed by atoms with van der Waals surface area (Å²) >= 11 is 0. The van der Waals surface area contributed by atoms with Crippen LogP contribution in [0.25, 0.3) is 12.2 Å². The molecule has 0 saturated heterocycles. The Morgan fingerprint density at radius 1 is 0.933 bits per heavy atom. The molecule has 3 heteroatoms. The van der Waals surface area contributed by atoms with Gasteiger partial charge < -0.3 is 0 Å². The maximum Gasteiger partial charge on any atom is 0.0962 e. The van der Waals surface area contributed by atoms with Gasteiger partial charge in [0.1, 0.15) is 0 Å². The van der Waals surface area contributed by atoms with E-state index >= 15 is 0 Å². The molecule has 82 valence electrons. The Labute approximate surface area is 91.9 Å². The number of aryl methyl sites for hydroxylation is 1. The fourth-order valence-corrected chi connectivity index (χ4v) is 1.08. The first-order valence-electron chi connectivity index (χ1n) is 5.25. The normalized spacial score (nSPS) is 10.5. The van der Waals surface area contributed by atoms with Crippen LogP contribution >= 0.6 is 0 Å². The lowest BCUT2D eigenvalue weighted by atomic mass is 10.1. The summed E-state index contributed by atoms with van der Waals surface area (Å²) in [6.07, 6.45) is 7.83. The Morgan fingerprint density at radius 3 is 2.07 bits per heavy atom. The van der Waals surface area contributed by atoms with Crippen molar-refractivity contribution in [3.05, 3.63) is 29.1 Å². The molecule has 0 aliphatic carbocycles. The van der Waals surface area contributed by atoms with Crippen molar-refractivity contribution in [3.63, 3.8) is 0 Å². The molecule has 0 bridgehead atoms. The molecule has 0 N–H and O–H groups in total. The number of nitrogens with zero attached hydrogens (tertiary/aromatic N) is 3. The molecule has 3 nitrogen and oxygen atoms in total. The zero-order chi connectivity index (χ0) is 11.7. The fraction of sp³-hybridized carbons (Fsp3) is 0.417. The number of aromatic nitrogens is 3. The summed E-state index contributed by atoms with van der Waals surface area (Å²) in [5, 5.41) is 11.5. The van der Waals surface area contributed by atoms with Gasteiger partial charge in [-0.25, -0.2) is 0 Å². The molecule has 0 fully saturated rings. The molecular weight excluding hydrogens is 186 g/mol. The summed E-state index contributed by atoms with van der Waals surface area (Å²) < 4.78 is 0. The van der Waals surface area contributed by atoms with E-state index in [-0.39, 0.29) is 0 Å². The summed E-state index contributed by atoms with van der Waals surface area (Å²) in [7, 11) is 0. The van der Waals surface area contributed by atoms with Gasteiger partial charge in [0.15, 0.2) is 0 Å². The van der Waals surface area contributed by atoms with Crippen LogP contribution in [-0.2, 0) is 0 Å². The van der Waals surface area contributed by atoms with Gasteiger partial charge in [0.25, 0.3) is 0 Å². The van der Waals surface area contributed by atoms with Crippen molar-refractivity contribution >= 4 is 12.2 Å². The molecule has 1 rings (SSSR count). The Hall–Kier alpha value is -1.51. The van der Waals surface area contributed by atoms with Crippen molar-refractivity contribution in [1.82, 2.24) is 15.4 Å². The van der Waals surface area contributed by atoms with E-state index in [9.17, 15) is 0 Å². The monoisotopic (exact) mass is 205 g/mol. The van der Waals surface area contributed by atoms with Gasteiger partial charge in [-0.15, -0.1) is 10.2 Å². The lowest BCUT2D eigenvalue weighted by Crippen LogP contribution is -1.98. The van der Waals surface area contributed by atoms with Gasteiger partial charge >= 0.3 is 0 Å². The maximum absolute atomic E-state index is 3.95. The Balaban J connectivity index is 0.000000921. The van der Waals surface area contributed by atoms with Gasteiger partial charge in [-0.05, 0) is 32.1 Å². The van der Waals surface area contributed by atoms with Gasteiger partial charge in [-0.2, -0.15) is 0 Å². The standard InChI is InChI=1S/C10H13N3.C2H6/c1-4-6-9-8(3)11-13-12-10(9)7-5-2;1-2/h4-7H,1-3H3;1-2H3/b6-4-,7-5-;. The molecular formula is C12H19N3. The lowest BCUT2D eigenvalue weighted by Gasteiger charge is -2.00. The van der Waals surface area contributed by atoms with Crippen LogP contribution in [0.4, 0.5) is 0 Å². The first-order valence-corrected chi connectivity index (χ1v) is 5.25. The highest BCUT2D eigenvalue weighted by Gasteiger charge is 2.02. The van der Waals surface area contributed by atoms with Crippen molar-refractivity contribution in [3.8, 4) is 0 Å². The smallest absolute Gasteiger partial charge is 0.0962 e. The van der Waals surface area contributed by atoms with Crippen molar-refractivity contribution < 1.29 is 0 Å². The minimum atomic E-state index is 0.869. The van der Waals surface area contributed by atoms with Gasteiger partial charge in [-0.3, -0.25) is 0 Å². The van der Waals surface area contributed by atoms with E-state index in [1.165, 1.54) is 0 Å². The van der Waals surface area contributed by atoms with Crippen molar-refractivity contribution in [2.75, 3.05) is 0 Å². The molecule has 0 unspecified atom stereocenters. The van der Waals surface area contributed by atoms with Crippen molar-refractivity contribution in [1.29, 1.82) is 0 Å². The van der Waals surface area contributed by atoms with Crippen molar-refractivity contribution in [2.24, 2.45) is 0 Å². The van der Waals surface area contributed by atoms with Crippen LogP contribution in [0.5, 0.6) is 0 Å². The first kappa shape index (κ1) is 13.5. The van der Waals surface area contributed by atoms with E-state index < -0.39 is 0 Å². The number of hydrogen-bond donors (Lipinski definition) is 0.